The molecule has 4 nitrogen and oxygen atoms in total. The first kappa shape index (κ1) is 9.98. The highest BCUT2D eigenvalue weighted by atomic mass is 79.9. The minimum absolute atomic E-state index is 0.219. The number of amides is 1. The Labute approximate surface area is 84.4 Å². The highest BCUT2D eigenvalue weighted by Gasteiger charge is 2.08. The van der Waals surface area contributed by atoms with Gasteiger partial charge in [0, 0.05) is 7.05 Å². The number of carbonyl (C=O) groups excluding carboxylic acids is 1. The Bertz CT molecular complexity index is 328. The molecule has 0 aliphatic rings. The molecule has 1 amide bonds. The summed E-state index contributed by atoms with van der Waals surface area (Å²) < 4.78 is 5.50. The standard InChI is InChI=1S/C8H9BrN2O2/c1-10-8(12)5-3-4-6(13-2)7(9)11-5/h3-4H,1-2H3,(H,10,12). The molecule has 0 aliphatic carbocycles. The van der Waals surface area contributed by atoms with E-state index >= 15 is 0 Å². The second-order valence-corrected chi connectivity index (χ2v) is 3.02. The van der Waals surface area contributed by atoms with E-state index in [1.165, 1.54) is 0 Å². The third-order valence-electron chi connectivity index (χ3n) is 1.49. The van der Waals surface area contributed by atoms with Crippen LogP contribution in [-0.4, -0.2) is 25.0 Å². The van der Waals surface area contributed by atoms with E-state index < -0.39 is 0 Å². The molecular weight excluding hydrogens is 236 g/mol. The zero-order valence-corrected chi connectivity index (χ0v) is 8.88. The van der Waals surface area contributed by atoms with Gasteiger partial charge in [0.1, 0.15) is 10.3 Å². The first-order chi connectivity index (χ1) is 6.19. The maximum absolute atomic E-state index is 11.1. The van der Waals surface area contributed by atoms with Crippen molar-refractivity contribution in [2.75, 3.05) is 14.2 Å². The molecule has 0 bridgehead atoms. The largest absolute Gasteiger partial charge is 0.494 e. The average Bonchev–Trinajstić information content (AvgIpc) is 2.16. The molecule has 1 N–H and O–H groups in total. The molecule has 1 heterocycles. The lowest BCUT2D eigenvalue weighted by Crippen LogP contribution is -2.19. The van der Waals surface area contributed by atoms with Gasteiger partial charge in [-0.25, -0.2) is 4.98 Å². The highest BCUT2D eigenvalue weighted by molar-refractivity contribution is 9.10. The summed E-state index contributed by atoms with van der Waals surface area (Å²) >= 11 is 3.19. The summed E-state index contributed by atoms with van der Waals surface area (Å²) in [5, 5.41) is 2.48. The molecule has 0 atom stereocenters. The molecule has 0 aromatic carbocycles. The number of rotatable bonds is 2. The first-order valence-electron chi connectivity index (χ1n) is 3.61. The predicted molar refractivity (Wildman–Crippen MR) is 51.9 cm³/mol. The van der Waals surface area contributed by atoms with Gasteiger partial charge < -0.3 is 10.1 Å². The molecule has 13 heavy (non-hydrogen) atoms. The predicted octanol–water partition coefficient (Wildman–Crippen LogP) is 1.21. The van der Waals surface area contributed by atoms with Gasteiger partial charge in [0.2, 0.25) is 0 Å². The lowest BCUT2D eigenvalue weighted by atomic mass is 10.3. The smallest absolute Gasteiger partial charge is 0.269 e. The number of nitrogens with one attached hydrogen (secondary N) is 1. The monoisotopic (exact) mass is 244 g/mol. The van der Waals surface area contributed by atoms with Crippen molar-refractivity contribution in [2.45, 2.75) is 0 Å². The number of pyridine rings is 1. The Morgan fingerprint density at radius 2 is 2.31 bits per heavy atom. The van der Waals surface area contributed by atoms with Gasteiger partial charge >= 0.3 is 0 Å². The lowest BCUT2D eigenvalue weighted by Gasteiger charge is -2.03. The third-order valence-corrected chi connectivity index (χ3v) is 2.06. The highest BCUT2D eigenvalue weighted by Crippen LogP contribution is 2.21. The van der Waals surface area contributed by atoms with E-state index in [4.69, 9.17) is 4.74 Å². The Kier molecular flexibility index (Phi) is 3.25. The maximum Gasteiger partial charge on any atom is 0.269 e. The fraction of sp³-hybridized carbons (Fsp3) is 0.250. The van der Waals surface area contributed by atoms with Crippen molar-refractivity contribution < 1.29 is 9.53 Å². The van der Waals surface area contributed by atoms with Crippen molar-refractivity contribution >= 4 is 21.8 Å². The van der Waals surface area contributed by atoms with Crippen LogP contribution in [0.5, 0.6) is 5.75 Å². The summed E-state index contributed by atoms with van der Waals surface area (Å²) in [6.07, 6.45) is 0. The van der Waals surface area contributed by atoms with Crippen molar-refractivity contribution in [1.29, 1.82) is 0 Å². The number of nitrogens with zero attached hydrogens (tertiary/aromatic N) is 1. The molecule has 0 aliphatic heterocycles. The van der Waals surface area contributed by atoms with E-state index in [0.29, 0.717) is 16.0 Å². The molecule has 0 spiro atoms. The van der Waals surface area contributed by atoms with Crippen molar-refractivity contribution in [3.8, 4) is 5.75 Å². The van der Waals surface area contributed by atoms with E-state index in [2.05, 4.69) is 26.2 Å². The van der Waals surface area contributed by atoms with Crippen LogP contribution in [0.1, 0.15) is 10.5 Å². The number of hydrogen-bond acceptors (Lipinski definition) is 3. The number of ether oxygens (including phenoxy) is 1. The summed E-state index contributed by atoms with van der Waals surface area (Å²) in [7, 11) is 3.10. The fourth-order valence-electron chi connectivity index (χ4n) is 0.828. The Balaban J connectivity index is 3.02. The van der Waals surface area contributed by atoms with Crippen LogP contribution in [0.4, 0.5) is 0 Å². The molecule has 0 fully saturated rings. The number of aromatic nitrogens is 1. The Morgan fingerprint density at radius 3 is 2.77 bits per heavy atom. The summed E-state index contributed by atoms with van der Waals surface area (Å²) in [6, 6.07) is 3.28. The zero-order valence-electron chi connectivity index (χ0n) is 7.30. The van der Waals surface area contributed by atoms with Gasteiger partial charge in [0.25, 0.3) is 5.91 Å². The number of carbonyl (C=O) groups is 1. The van der Waals surface area contributed by atoms with Gasteiger partial charge in [-0.1, -0.05) is 0 Å². The minimum Gasteiger partial charge on any atom is -0.494 e. The van der Waals surface area contributed by atoms with E-state index in [1.54, 1.807) is 26.3 Å². The van der Waals surface area contributed by atoms with Crippen LogP contribution in [0, 0.1) is 0 Å². The van der Waals surface area contributed by atoms with Crippen molar-refractivity contribution in [2.24, 2.45) is 0 Å². The van der Waals surface area contributed by atoms with Crippen LogP contribution in [0.2, 0.25) is 0 Å². The van der Waals surface area contributed by atoms with Gasteiger partial charge in [-0.15, -0.1) is 0 Å². The first-order valence-corrected chi connectivity index (χ1v) is 4.41. The van der Waals surface area contributed by atoms with Crippen LogP contribution in [0.25, 0.3) is 0 Å². The van der Waals surface area contributed by atoms with Crippen molar-refractivity contribution in [1.82, 2.24) is 10.3 Å². The normalized spacial score (nSPS) is 9.46. The zero-order chi connectivity index (χ0) is 9.84. The molecule has 0 saturated carbocycles. The molecule has 1 aromatic rings. The van der Waals surface area contributed by atoms with E-state index in [-0.39, 0.29) is 5.91 Å². The summed E-state index contributed by atoms with van der Waals surface area (Å²) in [5.41, 5.74) is 0.357. The molecule has 5 heteroatoms. The van der Waals surface area contributed by atoms with Crippen LogP contribution >= 0.6 is 15.9 Å². The topological polar surface area (TPSA) is 51.2 Å². The molecule has 0 radical (unpaired) electrons. The molecule has 0 saturated heterocycles. The Morgan fingerprint density at radius 1 is 1.62 bits per heavy atom. The van der Waals surface area contributed by atoms with Gasteiger partial charge in [-0.2, -0.15) is 0 Å². The van der Waals surface area contributed by atoms with E-state index in [0.717, 1.165) is 0 Å². The number of hydrogen-bond donors (Lipinski definition) is 1. The Hall–Kier alpha value is -1.10. The number of halogens is 1. The van der Waals surface area contributed by atoms with Crippen molar-refractivity contribution in [3.05, 3.63) is 22.4 Å². The summed E-state index contributed by atoms with van der Waals surface area (Å²) in [6.45, 7) is 0. The summed E-state index contributed by atoms with van der Waals surface area (Å²) in [4.78, 5) is 15.1. The molecule has 1 rings (SSSR count). The molecule has 1 aromatic heterocycles. The molecule has 70 valence electrons. The van der Waals surface area contributed by atoms with Crippen LogP contribution in [-0.2, 0) is 0 Å². The van der Waals surface area contributed by atoms with Gasteiger partial charge in [0.05, 0.1) is 7.11 Å². The maximum atomic E-state index is 11.1. The minimum atomic E-state index is -0.219. The van der Waals surface area contributed by atoms with Crippen LogP contribution in [0.3, 0.4) is 0 Å². The third kappa shape index (κ3) is 2.18. The number of methoxy groups -OCH3 is 1. The van der Waals surface area contributed by atoms with Crippen molar-refractivity contribution in [3.63, 3.8) is 0 Å². The van der Waals surface area contributed by atoms with Gasteiger partial charge in [-0.3, -0.25) is 4.79 Å². The van der Waals surface area contributed by atoms with E-state index in [9.17, 15) is 4.79 Å². The average molecular weight is 245 g/mol. The molecule has 0 unspecified atom stereocenters. The second-order valence-electron chi connectivity index (χ2n) is 2.27. The van der Waals surface area contributed by atoms with Crippen LogP contribution < -0.4 is 10.1 Å². The van der Waals surface area contributed by atoms with Crippen LogP contribution in [0.15, 0.2) is 16.7 Å². The summed E-state index contributed by atoms with van der Waals surface area (Å²) in [5.74, 6) is 0.385. The second kappa shape index (κ2) is 4.23. The SMILES string of the molecule is CNC(=O)c1ccc(OC)c(Br)n1. The van der Waals surface area contributed by atoms with Gasteiger partial charge in [0.15, 0.2) is 5.75 Å². The van der Waals surface area contributed by atoms with E-state index in [1.807, 2.05) is 0 Å². The molecular formula is C8H9BrN2O2. The van der Waals surface area contributed by atoms with Gasteiger partial charge in [-0.05, 0) is 28.1 Å². The quantitative estimate of drug-likeness (QED) is 0.797. The fourth-order valence-corrected chi connectivity index (χ4v) is 1.31. The lowest BCUT2D eigenvalue weighted by molar-refractivity contribution is 0.0958.